The Bertz CT molecular complexity index is 435. The molecule has 0 aromatic carbocycles. The van der Waals surface area contributed by atoms with Crippen molar-refractivity contribution >= 4 is 6.09 Å². The zero-order valence-corrected chi connectivity index (χ0v) is 12.9. The summed E-state index contributed by atoms with van der Waals surface area (Å²) in [4.78, 5) is 12.0. The van der Waals surface area contributed by atoms with E-state index in [2.05, 4.69) is 11.9 Å². The van der Waals surface area contributed by atoms with Crippen LogP contribution in [0.2, 0.25) is 0 Å². The molecule has 0 unspecified atom stereocenters. The van der Waals surface area contributed by atoms with E-state index in [4.69, 9.17) is 18.6 Å². The number of carbonyl (C=O) groups excluding carboxylic acids is 1. The monoisotopic (exact) mass is 297 g/mol. The Morgan fingerprint density at radius 3 is 2.71 bits per heavy atom. The van der Waals surface area contributed by atoms with Crippen molar-refractivity contribution in [2.75, 3.05) is 13.9 Å². The third kappa shape index (κ3) is 6.01. The Labute approximate surface area is 125 Å². The number of rotatable bonds is 7. The van der Waals surface area contributed by atoms with Gasteiger partial charge in [0.15, 0.2) is 0 Å². The molecule has 0 fully saturated rings. The summed E-state index contributed by atoms with van der Waals surface area (Å²) in [5, 5.41) is 2.73. The van der Waals surface area contributed by atoms with E-state index < -0.39 is 23.8 Å². The first-order valence-corrected chi connectivity index (χ1v) is 6.63. The Morgan fingerprint density at radius 1 is 1.52 bits per heavy atom. The van der Waals surface area contributed by atoms with Crippen LogP contribution >= 0.6 is 0 Å². The van der Waals surface area contributed by atoms with Crippen LogP contribution in [0.3, 0.4) is 0 Å². The van der Waals surface area contributed by atoms with Crippen molar-refractivity contribution in [1.82, 2.24) is 5.32 Å². The standard InChI is InChI=1S/C15H23NO5/c1-6-11(20-10-18-5)13(12-8-7-9-19-12)16-14(17)21-15(2,3)4/h6-9,11,13H,1,10H2,2-5H3,(H,16,17)/t11-,13-/m1/s1. The second kappa shape index (κ2) is 7.85. The normalized spacial score (nSPS) is 14.3. The maximum atomic E-state index is 12.0. The Morgan fingerprint density at radius 2 is 2.24 bits per heavy atom. The molecule has 1 rings (SSSR count). The topological polar surface area (TPSA) is 69.9 Å². The van der Waals surface area contributed by atoms with Crippen molar-refractivity contribution in [2.24, 2.45) is 0 Å². The highest BCUT2D eigenvalue weighted by Gasteiger charge is 2.28. The van der Waals surface area contributed by atoms with E-state index in [0.717, 1.165) is 0 Å². The minimum Gasteiger partial charge on any atom is -0.467 e. The molecule has 0 saturated carbocycles. The van der Waals surface area contributed by atoms with Gasteiger partial charge < -0.3 is 23.9 Å². The largest absolute Gasteiger partial charge is 0.467 e. The highest BCUT2D eigenvalue weighted by molar-refractivity contribution is 5.68. The summed E-state index contributed by atoms with van der Waals surface area (Å²) in [7, 11) is 1.52. The van der Waals surface area contributed by atoms with Gasteiger partial charge in [0, 0.05) is 7.11 Å². The molecule has 21 heavy (non-hydrogen) atoms. The summed E-state index contributed by atoms with van der Waals surface area (Å²) in [6.45, 7) is 9.16. The van der Waals surface area contributed by atoms with Crippen molar-refractivity contribution in [2.45, 2.75) is 38.5 Å². The number of furan rings is 1. The second-order valence-corrected chi connectivity index (χ2v) is 5.41. The predicted molar refractivity (Wildman–Crippen MR) is 77.8 cm³/mol. The van der Waals surface area contributed by atoms with E-state index in [-0.39, 0.29) is 6.79 Å². The molecule has 1 heterocycles. The zero-order chi connectivity index (χ0) is 15.9. The fourth-order valence-electron chi connectivity index (χ4n) is 1.66. The lowest BCUT2D eigenvalue weighted by Crippen LogP contribution is -2.40. The van der Waals surface area contributed by atoms with Gasteiger partial charge in [-0.25, -0.2) is 4.79 Å². The summed E-state index contributed by atoms with van der Waals surface area (Å²) in [6.07, 6.45) is 2.03. The first kappa shape index (κ1) is 17.3. The summed E-state index contributed by atoms with van der Waals surface area (Å²) in [5.41, 5.74) is -0.588. The van der Waals surface area contributed by atoms with Gasteiger partial charge in [0.25, 0.3) is 0 Å². The van der Waals surface area contributed by atoms with Crippen LogP contribution in [0, 0.1) is 0 Å². The summed E-state index contributed by atoms with van der Waals surface area (Å²) >= 11 is 0. The molecule has 0 aliphatic rings. The van der Waals surface area contributed by atoms with Crippen LogP contribution in [-0.2, 0) is 14.2 Å². The summed E-state index contributed by atoms with van der Waals surface area (Å²) in [6, 6.07) is 2.92. The molecule has 6 nitrogen and oxygen atoms in total. The van der Waals surface area contributed by atoms with Crippen molar-refractivity contribution in [1.29, 1.82) is 0 Å². The average molecular weight is 297 g/mol. The fourth-order valence-corrected chi connectivity index (χ4v) is 1.66. The van der Waals surface area contributed by atoms with Crippen LogP contribution in [0.5, 0.6) is 0 Å². The molecule has 2 atom stereocenters. The smallest absolute Gasteiger partial charge is 0.408 e. The number of nitrogens with one attached hydrogen (secondary N) is 1. The third-order valence-electron chi connectivity index (χ3n) is 2.46. The van der Waals surface area contributed by atoms with Gasteiger partial charge in [-0.1, -0.05) is 6.08 Å². The molecule has 118 valence electrons. The molecule has 0 bridgehead atoms. The molecular formula is C15H23NO5. The van der Waals surface area contributed by atoms with Gasteiger partial charge in [0.1, 0.15) is 30.3 Å². The van der Waals surface area contributed by atoms with Crippen LogP contribution in [-0.4, -0.2) is 31.7 Å². The van der Waals surface area contributed by atoms with E-state index in [1.54, 1.807) is 39.0 Å². The lowest BCUT2D eigenvalue weighted by atomic mass is 10.1. The molecule has 1 aromatic rings. The van der Waals surface area contributed by atoms with Gasteiger partial charge in [-0.3, -0.25) is 0 Å². The highest BCUT2D eigenvalue weighted by atomic mass is 16.7. The minimum absolute atomic E-state index is 0.0733. The van der Waals surface area contributed by atoms with E-state index >= 15 is 0 Å². The SMILES string of the molecule is C=C[C@@H](OCOC)[C@@H](NC(=O)OC(C)(C)C)c1ccco1. The van der Waals surface area contributed by atoms with E-state index in [9.17, 15) is 4.79 Å². The number of carbonyl (C=O) groups is 1. The molecular weight excluding hydrogens is 274 g/mol. The van der Waals surface area contributed by atoms with Crippen molar-refractivity contribution in [3.05, 3.63) is 36.8 Å². The first-order valence-electron chi connectivity index (χ1n) is 6.63. The van der Waals surface area contributed by atoms with Crippen LogP contribution in [0.25, 0.3) is 0 Å². The van der Waals surface area contributed by atoms with Gasteiger partial charge in [-0.15, -0.1) is 6.58 Å². The lowest BCUT2D eigenvalue weighted by molar-refractivity contribution is -0.0688. The number of alkyl carbamates (subject to hydrolysis) is 1. The number of ether oxygens (including phenoxy) is 3. The van der Waals surface area contributed by atoms with E-state index in [0.29, 0.717) is 5.76 Å². The molecule has 0 aliphatic carbocycles. The van der Waals surface area contributed by atoms with Gasteiger partial charge in [-0.2, -0.15) is 0 Å². The van der Waals surface area contributed by atoms with Gasteiger partial charge in [0.2, 0.25) is 0 Å². The van der Waals surface area contributed by atoms with E-state index in [1.165, 1.54) is 13.4 Å². The van der Waals surface area contributed by atoms with Crippen LogP contribution in [0.4, 0.5) is 4.79 Å². The zero-order valence-electron chi connectivity index (χ0n) is 12.9. The number of amides is 1. The molecule has 1 amide bonds. The quantitative estimate of drug-likeness (QED) is 0.619. The average Bonchev–Trinajstić information content (AvgIpc) is 2.89. The maximum Gasteiger partial charge on any atom is 0.408 e. The number of methoxy groups -OCH3 is 1. The number of hydrogen-bond donors (Lipinski definition) is 1. The lowest BCUT2D eigenvalue weighted by Gasteiger charge is -2.26. The predicted octanol–water partition coefficient (Wildman–Crippen LogP) is 3.02. The van der Waals surface area contributed by atoms with Gasteiger partial charge in [0.05, 0.1) is 6.26 Å². The molecule has 0 aliphatic heterocycles. The first-order chi connectivity index (χ1) is 9.87. The maximum absolute atomic E-state index is 12.0. The highest BCUT2D eigenvalue weighted by Crippen LogP contribution is 2.22. The Hall–Kier alpha value is -1.79. The molecule has 1 N–H and O–H groups in total. The summed E-state index contributed by atoms with van der Waals surface area (Å²) < 4.78 is 21.0. The van der Waals surface area contributed by atoms with Crippen molar-refractivity contribution in [3.8, 4) is 0 Å². The Balaban J connectivity index is 2.82. The van der Waals surface area contributed by atoms with Crippen LogP contribution in [0.1, 0.15) is 32.6 Å². The van der Waals surface area contributed by atoms with Gasteiger partial charge in [-0.05, 0) is 32.9 Å². The third-order valence-corrected chi connectivity index (χ3v) is 2.46. The Kier molecular flexibility index (Phi) is 6.45. The van der Waals surface area contributed by atoms with Crippen molar-refractivity contribution < 1.29 is 23.4 Å². The number of hydrogen-bond acceptors (Lipinski definition) is 5. The second-order valence-electron chi connectivity index (χ2n) is 5.41. The molecule has 1 aromatic heterocycles. The molecule has 0 spiro atoms. The minimum atomic E-state index is -0.588. The van der Waals surface area contributed by atoms with Crippen LogP contribution in [0.15, 0.2) is 35.5 Å². The summed E-state index contributed by atoms with van der Waals surface area (Å²) in [5.74, 6) is 0.543. The molecule has 0 saturated heterocycles. The van der Waals surface area contributed by atoms with Gasteiger partial charge >= 0.3 is 6.09 Å². The van der Waals surface area contributed by atoms with E-state index in [1.807, 2.05) is 0 Å². The fraction of sp³-hybridized carbons (Fsp3) is 0.533. The van der Waals surface area contributed by atoms with Crippen LogP contribution < -0.4 is 5.32 Å². The molecule has 6 heteroatoms. The van der Waals surface area contributed by atoms with Crippen molar-refractivity contribution in [3.63, 3.8) is 0 Å². The molecule has 0 radical (unpaired) electrons.